The number of amides is 2. The molecule has 0 radical (unpaired) electrons. The number of nitrogens with one attached hydrogen (secondary N) is 2. The molecule has 2 N–H and O–H groups in total. The molecule has 138 valence electrons. The lowest BCUT2D eigenvalue weighted by Gasteiger charge is -2.15. The van der Waals surface area contributed by atoms with Crippen molar-refractivity contribution in [2.75, 3.05) is 24.3 Å². The summed E-state index contributed by atoms with van der Waals surface area (Å²) < 4.78 is 5.71. The van der Waals surface area contributed by atoms with Gasteiger partial charge in [0.1, 0.15) is 5.75 Å². The summed E-state index contributed by atoms with van der Waals surface area (Å²) in [6.45, 7) is 4.09. The second kappa shape index (κ2) is 8.89. The van der Waals surface area contributed by atoms with Crippen molar-refractivity contribution in [2.24, 2.45) is 0 Å². The minimum Gasteiger partial charge on any atom is -0.491 e. The highest BCUT2D eigenvalue weighted by atomic mass is 16.5. The molecule has 26 heavy (non-hydrogen) atoms. The van der Waals surface area contributed by atoms with Gasteiger partial charge in [0.25, 0.3) is 0 Å². The Bertz CT molecular complexity index is 755. The zero-order chi connectivity index (χ0) is 19.1. The maximum Gasteiger partial charge on any atom is 0.313 e. The van der Waals surface area contributed by atoms with Crippen molar-refractivity contribution in [3.63, 3.8) is 0 Å². The number of carbonyl (C=O) groups excluding carboxylic acids is 2. The zero-order valence-electron chi connectivity index (χ0n) is 15.6. The Morgan fingerprint density at radius 2 is 1.65 bits per heavy atom. The smallest absolute Gasteiger partial charge is 0.313 e. The Morgan fingerprint density at radius 1 is 1.00 bits per heavy atom. The first-order valence-electron chi connectivity index (χ1n) is 8.48. The van der Waals surface area contributed by atoms with E-state index in [1.54, 1.807) is 12.1 Å². The molecule has 2 amide bonds. The Labute approximate surface area is 154 Å². The number of anilines is 2. The van der Waals surface area contributed by atoms with Gasteiger partial charge in [-0.1, -0.05) is 18.2 Å². The van der Waals surface area contributed by atoms with Crippen molar-refractivity contribution >= 4 is 23.2 Å². The highest BCUT2D eigenvalue weighted by Crippen LogP contribution is 2.19. The Morgan fingerprint density at radius 3 is 2.27 bits per heavy atom. The van der Waals surface area contributed by atoms with Gasteiger partial charge in [0.15, 0.2) is 0 Å². The number of benzene rings is 2. The third-order valence-electron chi connectivity index (χ3n) is 3.62. The predicted molar refractivity (Wildman–Crippen MR) is 103 cm³/mol. The number of nitrogens with zero attached hydrogens (tertiary/aromatic N) is 1. The van der Waals surface area contributed by atoms with Gasteiger partial charge in [-0.15, -0.1) is 0 Å². The van der Waals surface area contributed by atoms with Crippen LogP contribution in [0.2, 0.25) is 0 Å². The maximum absolute atomic E-state index is 12.1. The number of carbonyl (C=O) groups is 2. The number of hydrogen-bond acceptors (Lipinski definition) is 4. The molecule has 0 aliphatic rings. The van der Waals surface area contributed by atoms with Gasteiger partial charge < -0.3 is 20.3 Å². The van der Waals surface area contributed by atoms with Crippen molar-refractivity contribution in [3.05, 3.63) is 54.1 Å². The number of para-hydroxylation sites is 1. The van der Waals surface area contributed by atoms with Crippen LogP contribution in [0.3, 0.4) is 0 Å². The lowest BCUT2D eigenvalue weighted by atomic mass is 10.2. The standard InChI is InChI=1S/C20H25N3O3/c1-14(2)26-18-8-6-5-7-15(18)13-21-19(24)20(25)22-16-9-11-17(12-10-16)23(3)4/h5-12,14H,13H2,1-4H3,(H,21,24)(H,22,25). The molecule has 0 bridgehead atoms. The lowest BCUT2D eigenvalue weighted by molar-refractivity contribution is -0.136. The summed E-state index contributed by atoms with van der Waals surface area (Å²) >= 11 is 0. The molecule has 0 saturated carbocycles. The third kappa shape index (κ3) is 5.51. The first-order valence-corrected chi connectivity index (χ1v) is 8.48. The van der Waals surface area contributed by atoms with Crippen molar-refractivity contribution in [2.45, 2.75) is 26.5 Å². The van der Waals surface area contributed by atoms with Gasteiger partial charge in [-0.25, -0.2) is 0 Å². The van der Waals surface area contributed by atoms with E-state index in [-0.39, 0.29) is 12.6 Å². The fourth-order valence-corrected chi connectivity index (χ4v) is 2.31. The van der Waals surface area contributed by atoms with Gasteiger partial charge in [-0.2, -0.15) is 0 Å². The van der Waals surface area contributed by atoms with Gasteiger partial charge in [0.2, 0.25) is 0 Å². The van der Waals surface area contributed by atoms with Gasteiger partial charge in [0.05, 0.1) is 6.10 Å². The summed E-state index contributed by atoms with van der Waals surface area (Å²) in [7, 11) is 3.86. The predicted octanol–water partition coefficient (Wildman–Crippen LogP) is 2.79. The van der Waals surface area contributed by atoms with Crippen LogP contribution in [0.1, 0.15) is 19.4 Å². The molecule has 6 heteroatoms. The second-order valence-corrected chi connectivity index (χ2v) is 6.35. The van der Waals surface area contributed by atoms with E-state index in [2.05, 4.69) is 10.6 Å². The van der Waals surface area contributed by atoms with Gasteiger partial charge in [-0.3, -0.25) is 9.59 Å². The van der Waals surface area contributed by atoms with Gasteiger partial charge in [-0.05, 0) is 44.2 Å². The minimum atomic E-state index is -0.704. The zero-order valence-corrected chi connectivity index (χ0v) is 15.6. The number of hydrogen-bond donors (Lipinski definition) is 2. The molecule has 0 atom stereocenters. The number of rotatable bonds is 6. The van der Waals surface area contributed by atoms with E-state index in [1.807, 2.05) is 69.2 Å². The molecule has 2 aromatic rings. The SMILES string of the molecule is CC(C)Oc1ccccc1CNC(=O)C(=O)Nc1ccc(N(C)C)cc1. The fourth-order valence-electron chi connectivity index (χ4n) is 2.31. The molecule has 0 saturated heterocycles. The fraction of sp³-hybridized carbons (Fsp3) is 0.300. The van der Waals surface area contributed by atoms with Gasteiger partial charge >= 0.3 is 11.8 Å². The molecule has 0 spiro atoms. The van der Waals surface area contributed by atoms with Gasteiger partial charge in [0, 0.05) is 37.6 Å². The molecule has 0 aliphatic heterocycles. The molecule has 0 unspecified atom stereocenters. The summed E-state index contributed by atoms with van der Waals surface area (Å²) in [6.07, 6.45) is 0.0280. The molecule has 0 aliphatic carbocycles. The lowest BCUT2D eigenvalue weighted by Crippen LogP contribution is -2.35. The van der Waals surface area contributed by atoms with Crippen LogP contribution in [0.4, 0.5) is 11.4 Å². The third-order valence-corrected chi connectivity index (χ3v) is 3.62. The highest BCUT2D eigenvalue weighted by molar-refractivity contribution is 6.39. The monoisotopic (exact) mass is 355 g/mol. The topological polar surface area (TPSA) is 70.7 Å². The average molecular weight is 355 g/mol. The average Bonchev–Trinajstić information content (AvgIpc) is 2.60. The normalized spacial score (nSPS) is 10.3. The Kier molecular flexibility index (Phi) is 6.60. The summed E-state index contributed by atoms with van der Waals surface area (Å²) in [5, 5.41) is 5.21. The first kappa shape index (κ1) is 19.3. The molecule has 2 rings (SSSR count). The summed E-state index contributed by atoms with van der Waals surface area (Å²) in [5.41, 5.74) is 2.39. The largest absolute Gasteiger partial charge is 0.491 e. The van der Waals surface area contributed by atoms with E-state index < -0.39 is 11.8 Å². The van der Waals surface area contributed by atoms with Crippen LogP contribution < -0.4 is 20.3 Å². The van der Waals surface area contributed by atoms with Crippen LogP contribution in [-0.4, -0.2) is 32.0 Å². The molecule has 0 fully saturated rings. The van der Waals surface area contributed by atoms with Crippen LogP contribution in [-0.2, 0) is 16.1 Å². The van der Waals surface area contributed by atoms with Crippen molar-refractivity contribution in [1.29, 1.82) is 0 Å². The van der Waals surface area contributed by atoms with Crippen LogP contribution in [0.5, 0.6) is 5.75 Å². The minimum absolute atomic E-state index is 0.0280. The number of ether oxygens (including phenoxy) is 1. The van der Waals surface area contributed by atoms with E-state index in [4.69, 9.17) is 4.74 Å². The molecular weight excluding hydrogens is 330 g/mol. The Hall–Kier alpha value is -3.02. The maximum atomic E-state index is 12.1. The van der Waals surface area contributed by atoms with Crippen LogP contribution in [0.25, 0.3) is 0 Å². The van der Waals surface area contributed by atoms with E-state index in [0.29, 0.717) is 11.4 Å². The van der Waals surface area contributed by atoms with E-state index >= 15 is 0 Å². The molecule has 6 nitrogen and oxygen atoms in total. The highest BCUT2D eigenvalue weighted by Gasteiger charge is 2.14. The summed E-state index contributed by atoms with van der Waals surface area (Å²) in [6, 6.07) is 14.7. The van der Waals surface area contributed by atoms with E-state index in [9.17, 15) is 9.59 Å². The van der Waals surface area contributed by atoms with Crippen molar-refractivity contribution < 1.29 is 14.3 Å². The van der Waals surface area contributed by atoms with Crippen molar-refractivity contribution in [1.82, 2.24) is 5.32 Å². The summed E-state index contributed by atoms with van der Waals surface area (Å²) in [5.74, 6) is -0.701. The molecule has 0 heterocycles. The molecule has 0 aromatic heterocycles. The molecule has 2 aromatic carbocycles. The van der Waals surface area contributed by atoms with Crippen LogP contribution >= 0.6 is 0 Å². The first-order chi connectivity index (χ1) is 12.4. The van der Waals surface area contributed by atoms with Crippen LogP contribution in [0, 0.1) is 0 Å². The van der Waals surface area contributed by atoms with E-state index in [0.717, 1.165) is 11.3 Å². The summed E-state index contributed by atoms with van der Waals surface area (Å²) in [4.78, 5) is 26.1. The quantitative estimate of drug-likeness (QED) is 0.782. The van der Waals surface area contributed by atoms with Crippen LogP contribution in [0.15, 0.2) is 48.5 Å². The van der Waals surface area contributed by atoms with E-state index in [1.165, 1.54) is 0 Å². The molecular formula is C20H25N3O3. The second-order valence-electron chi connectivity index (χ2n) is 6.35. The Balaban J connectivity index is 1.92. The van der Waals surface area contributed by atoms with Crippen molar-refractivity contribution in [3.8, 4) is 5.75 Å².